The molecule has 2 rings (SSSR count). The molecule has 0 saturated heterocycles. The molecule has 2 aromatic rings. The van der Waals surface area contributed by atoms with Crippen LogP contribution >= 0.6 is 0 Å². The van der Waals surface area contributed by atoms with Gasteiger partial charge in [-0.2, -0.15) is 5.10 Å². The Morgan fingerprint density at radius 3 is 2.73 bits per heavy atom. The predicted octanol–water partition coefficient (Wildman–Crippen LogP) is 2.25. The summed E-state index contributed by atoms with van der Waals surface area (Å²) in [5.41, 5.74) is 2.49. The second kappa shape index (κ2) is 7.06. The Balaban J connectivity index is 2.09. The van der Waals surface area contributed by atoms with E-state index in [0.717, 1.165) is 23.5 Å². The lowest BCUT2D eigenvalue weighted by Gasteiger charge is -2.22. The van der Waals surface area contributed by atoms with Gasteiger partial charge in [0, 0.05) is 19.8 Å². The minimum atomic E-state index is -0.0856. The molecule has 0 fully saturated rings. The molecule has 6 nitrogen and oxygen atoms in total. The van der Waals surface area contributed by atoms with E-state index < -0.39 is 0 Å². The second-order valence-corrected chi connectivity index (χ2v) is 5.17. The molecule has 0 atom stereocenters. The van der Waals surface area contributed by atoms with Crippen LogP contribution in [0.1, 0.15) is 24.7 Å². The average Bonchev–Trinajstić information content (AvgIpc) is 2.76. The molecular weight excluding hydrogens is 280 g/mol. The van der Waals surface area contributed by atoms with Crippen molar-refractivity contribution in [2.24, 2.45) is 7.05 Å². The zero-order chi connectivity index (χ0) is 16.1. The summed E-state index contributed by atoms with van der Waals surface area (Å²) in [4.78, 5) is 18.3. The highest BCUT2D eigenvalue weighted by Crippen LogP contribution is 2.21. The number of anilines is 1. The molecule has 22 heavy (non-hydrogen) atoms. The number of amides is 1. The van der Waals surface area contributed by atoms with Crippen molar-refractivity contribution in [3.8, 4) is 5.75 Å². The lowest BCUT2D eigenvalue weighted by Crippen LogP contribution is -2.35. The van der Waals surface area contributed by atoms with E-state index in [1.807, 2.05) is 40.0 Å². The van der Waals surface area contributed by atoms with E-state index >= 15 is 0 Å². The molecule has 2 aromatic heterocycles. The second-order valence-electron chi connectivity index (χ2n) is 5.17. The monoisotopic (exact) mass is 302 g/mol. The Hall–Kier alpha value is -2.37. The van der Waals surface area contributed by atoms with Crippen LogP contribution < -0.4 is 9.64 Å². The van der Waals surface area contributed by atoms with E-state index in [-0.39, 0.29) is 12.5 Å². The van der Waals surface area contributed by atoms with Gasteiger partial charge >= 0.3 is 0 Å². The fourth-order valence-electron chi connectivity index (χ4n) is 2.31. The first-order chi connectivity index (χ1) is 10.5. The van der Waals surface area contributed by atoms with Crippen LogP contribution in [0.2, 0.25) is 0 Å². The maximum atomic E-state index is 12.5. The molecular formula is C16H22N4O2. The molecule has 0 aliphatic heterocycles. The molecule has 118 valence electrons. The molecule has 0 saturated carbocycles. The van der Waals surface area contributed by atoms with Crippen molar-refractivity contribution in [3.63, 3.8) is 0 Å². The molecule has 2 heterocycles. The Kier molecular flexibility index (Phi) is 5.14. The van der Waals surface area contributed by atoms with Crippen LogP contribution in [0.5, 0.6) is 5.75 Å². The zero-order valence-corrected chi connectivity index (χ0v) is 13.5. The number of carbonyl (C=O) groups excluding carboxylic acids is 1. The Labute approximate surface area is 130 Å². The third-order valence-electron chi connectivity index (χ3n) is 3.49. The summed E-state index contributed by atoms with van der Waals surface area (Å²) in [6.07, 6.45) is 4.25. The Morgan fingerprint density at radius 1 is 1.41 bits per heavy atom. The summed E-state index contributed by atoms with van der Waals surface area (Å²) >= 11 is 0. The van der Waals surface area contributed by atoms with Gasteiger partial charge in [0.15, 0.2) is 12.4 Å². The van der Waals surface area contributed by atoms with E-state index in [9.17, 15) is 4.79 Å². The van der Waals surface area contributed by atoms with Crippen molar-refractivity contribution in [1.29, 1.82) is 0 Å². The van der Waals surface area contributed by atoms with Gasteiger partial charge in [-0.15, -0.1) is 0 Å². The molecule has 0 unspecified atom stereocenters. The van der Waals surface area contributed by atoms with Crippen molar-refractivity contribution in [1.82, 2.24) is 14.8 Å². The van der Waals surface area contributed by atoms with Crippen LogP contribution in [0.4, 0.5) is 5.69 Å². The highest BCUT2D eigenvalue weighted by molar-refractivity contribution is 5.94. The van der Waals surface area contributed by atoms with Crippen molar-refractivity contribution in [2.45, 2.75) is 27.2 Å². The van der Waals surface area contributed by atoms with Crippen molar-refractivity contribution in [3.05, 3.63) is 35.9 Å². The summed E-state index contributed by atoms with van der Waals surface area (Å²) in [5.74, 6) is 0.594. The number of hydrogen-bond acceptors (Lipinski definition) is 4. The van der Waals surface area contributed by atoms with Crippen LogP contribution in [-0.4, -0.2) is 33.8 Å². The van der Waals surface area contributed by atoms with Gasteiger partial charge in [0.2, 0.25) is 0 Å². The molecule has 0 N–H and O–H groups in total. The summed E-state index contributed by atoms with van der Waals surface area (Å²) in [6.45, 7) is 6.45. The van der Waals surface area contributed by atoms with Crippen LogP contribution in [0, 0.1) is 13.8 Å². The molecule has 0 bridgehead atoms. The summed E-state index contributed by atoms with van der Waals surface area (Å²) in [6, 6.07) is 3.70. The number of aromatic nitrogens is 3. The first-order valence-electron chi connectivity index (χ1n) is 7.38. The van der Waals surface area contributed by atoms with Crippen LogP contribution in [0.25, 0.3) is 0 Å². The van der Waals surface area contributed by atoms with Gasteiger partial charge in [-0.1, -0.05) is 6.92 Å². The number of aryl methyl sites for hydroxylation is 2. The van der Waals surface area contributed by atoms with Crippen LogP contribution in [0.15, 0.2) is 24.5 Å². The fraction of sp³-hybridized carbons (Fsp3) is 0.438. The van der Waals surface area contributed by atoms with E-state index in [1.54, 1.807) is 22.0 Å². The van der Waals surface area contributed by atoms with E-state index in [0.29, 0.717) is 12.3 Å². The summed E-state index contributed by atoms with van der Waals surface area (Å²) in [5, 5.41) is 4.28. The maximum Gasteiger partial charge on any atom is 0.264 e. The number of carbonyl (C=O) groups is 1. The van der Waals surface area contributed by atoms with E-state index in [2.05, 4.69) is 10.1 Å². The Bertz CT molecular complexity index is 637. The Morgan fingerprint density at radius 2 is 2.18 bits per heavy atom. The minimum Gasteiger partial charge on any atom is -0.480 e. The van der Waals surface area contributed by atoms with Gasteiger partial charge in [0.25, 0.3) is 5.91 Å². The normalized spacial score (nSPS) is 10.5. The van der Waals surface area contributed by atoms with Gasteiger partial charge in [0.05, 0.1) is 17.6 Å². The van der Waals surface area contributed by atoms with Gasteiger partial charge < -0.3 is 9.64 Å². The number of nitrogens with zero attached hydrogens (tertiary/aromatic N) is 4. The van der Waals surface area contributed by atoms with Gasteiger partial charge in [-0.3, -0.25) is 14.5 Å². The molecule has 1 amide bonds. The quantitative estimate of drug-likeness (QED) is 0.821. The highest BCUT2D eigenvalue weighted by atomic mass is 16.5. The topological polar surface area (TPSA) is 60.3 Å². The fourth-order valence-corrected chi connectivity index (χ4v) is 2.31. The van der Waals surface area contributed by atoms with E-state index in [1.165, 1.54) is 0 Å². The third kappa shape index (κ3) is 3.44. The SMILES string of the molecule is CCCN(C(=O)COc1c(C)nn(C)c1C)c1cccnc1. The van der Waals surface area contributed by atoms with Crippen LogP contribution in [-0.2, 0) is 11.8 Å². The molecule has 0 aliphatic carbocycles. The molecule has 0 radical (unpaired) electrons. The summed E-state index contributed by atoms with van der Waals surface area (Å²) in [7, 11) is 1.86. The zero-order valence-electron chi connectivity index (χ0n) is 13.5. The predicted molar refractivity (Wildman–Crippen MR) is 85.1 cm³/mol. The minimum absolute atomic E-state index is 0.0116. The number of ether oxygens (including phenoxy) is 1. The van der Waals surface area contributed by atoms with Crippen LogP contribution in [0.3, 0.4) is 0 Å². The number of pyridine rings is 1. The third-order valence-corrected chi connectivity index (χ3v) is 3.49. The summed E-state index contributed by atoms with van der Waals surface area (Å²) < 4.78 is 7.45. The number of hydrogen-bond donors (Lipinski definition) is 0. The lowest BCUT2D eigenvalue weighted by atomic mass is 10.3. The van der Waals surface area contributed by atoms with Gasteiger partial charge in [0.1, 0.15) is 5.69 Å². The molecule has 0 spiro atoms. The smallest absolute Gasteiger partial charge is 0.264 e. The highest BCUT2D eigenvalue weighted by Gasteiger charge is 2.18. The lowest BCUT2D eigenvalue weighted by molar-refractivity contribution is -0.120. The largest absolute Gasteiger partial charge is 0.480 e. The van der Waals surface area contributed by atoms with E-state index in [4.69, 9.17) is 4.74 Å². The molecule has 0 aromatic carbocycles. The van der Waals surface area contributed by atoms with Crippen molar-refractivity contribution >= 4 is 11.6 Å². The first kappa shape index (κ1) is 16.0. The molecule has 6 heteroatoms. The number of rotatable bonds is 6. The van der Waals surface area contributed by atoms with Gasteiger partial charge in [-0.25, -0.2) is 0 Å². The van der Waals surface area contributed by atoms with Crippen molar-refractivity contribution < 1.29 is 9.53 Å². The standard InChI is InChI=1S/C16H22N4O2/c1-5-9-20(14-7-6-8-17-10-14)15(21)11-22-16-12(2)18-19(4)13(16)3/h6-8,10H,5,9,11H2,1-4H3. The first-order valence-corrected chi connectivity index (χ1v) is 7.38. The maximum absolute atomic E-state index is 12.5. The molecule has 0 aliphatic rings. The van der Waals surface area contributed by atoms with Crippen molar-refractivity contribution in [2.75, 3.05) is 18.1 Å². The average molecular weight is 302 g/mol. The van der Waals surface area contributed by atoms with Gasteiger partial charge in [-0.05, 0) is 32.4 Å².